The van der Waals surface area contributed by atoms with Crippen LogP contribution in [0, 0.1) is 23.7 Å². The van der Waals surface area contributed by atoms with Crippen molar-refractivity contribution in [3.63, 3.8) is 0 Å². The molecule has 7 amide bonds. The van der Waals surface area contributed by atoms with Gasteiger partial charge in [0.25, 0.3) is 0 Å². The van der Waals surface area contributed by atoms with Crippen LogP contribution >= 0.6 is 0 Å². The summed E-state index contributed by atoms with van der Waals surface area (Å²) in [6.07, 6.45) is -3.50. The lowest BCUT2D eigenvalue weighted by Gasteiger charge is -2.31. The summed E-state index contributed by atoms with van der Waals surface area (Å²) in [6.45, 7) is 5.63. The molecule has 2 fully saturated rings. The maximum Gasteiger partial charge on any atom is 0.245 e. The van der Waals surface area contributed by atoms with E-state index in [0.717, 1.165) is 4.90 Å². The van der Waals surface area contributed by atoms with E-state index in [1.165, 1.54) is 26.0 Å². The Hall–Kier alpha value is -6.06. The highest BCUT2D eigenvalue weighted by atomic mass is 32.2. The lowest BCUT2D eigenvalue weighted by atomic mass is 9.80. The second-order valence-corrected chi connectivity index (χ2v) is 20.9. The number of aromatic hydroxyl groups is 1. The molecule has 0 spiro atoms. The van der Waals surface area contributed by atoms with Crippen LogP contribution in [0.4, 0.5) is 0 Å². The van der Waals surface area contributed by atoms with E-state index in [4.69, 9.17) is 17.2 Å². The summed E-state index contributed by atoms with van der Waals surface area (Å²) in [5, 5.41) is 17.5. The Labute approximate surface area is 396 Å². The fraction of sp³-hybridized carbons (Fsp3) is 0.630. The minimum Gasteiger partial charge on any atom is -0.508 e. The standard InChI is InChI=1S/C46H67N7O14S/c1-5-26(2)33-24-36(56)28(20-27-6-10-31(54)11-7-27)21-32(55)16-18-68(66,67)19-17-35(45(65)53(30-8-9-30)25-42(62)52-46(3,4)38(58)13-15-40(48)60)51-43(63)29(23-41(49)61)22-37(57)34(50-44(33)64)12-14-39(47)59/h6-7,10-11,26,28-30,33-35,54H,5,8-9,12-25H2,1-4H3,(H2,47,59)(H2,48,60)(H2,49,61)(H,50,64)(H,51,63)(H,52,62)/t26-,28+,29-,33-,34-,35-/m0/s1. The average Bonchev–Trinajstić information content (AvgIpc) is 4.10. The number of ketones is 4. The molecule has 22 heteroatoms. The van der Waals surface area contributed by atoms with Gasteiger partial charge in [0.1, 0.15) is 23.4 Å². The molecule has 6 atom stereocenters. The van der Waals surface area contributed by atoms with E-state index in [9.17, 15) is 66.3 Å². The number of amides is 7. The molecule has 0 radical (unpaired) electrons. The number of carbonyl (C=O) groups is 11. The number of sulfone groups is 1. The average molecular weight is 974 g/mol. The van der Waals surface area contributed by atoms with Gasteiger partial charge in [0.2, 0.25) is 41.4 Å². The Morgan fingerprint density at radius 3 is 2.01 bits per heavy atom. The highest BCUT2D eigenvalue weighted by Crippen LogP contribution is 2.29. The third-order valence-corrected chi connectivity index (χ3v) is 14.1. The van der Waals surface area contributed by atoms with Crippen molar-refractivity contribution in [1.82, 2.24) is 20.9 Å². The lowest BCUT2D eigenvalue weighted by molar-refractivity contribution is -0.142. The summed E-state index contributed by atoms with van der Waals surface area (Å²) in [7, 11) is -4.20. The van der Waals surface area contributed by atoms with Crippen molar-refractivity contribution in [3.8, 4) is 5.75 Å². The van der Waals surface area contributed by atoms with Crippen LogP contribution in [0.1, 0.15) is 117 Å². The molecule has 0 aromatic heterocycles. The zero-order valence-corrected chi connectivity index (χ0v) is 40.0. The molecule has 2 aliphatic rings. The molecule has 1 aromatic rings. The van der Waals surface area contributed by atoms with Gasteiger partial charge in [0.15, 0.2) is 21.4 Å². The molecule has 0 bridgehead atoms. The molecular weight excluding hydrogens is 907 g/mol. The number of benzene rings is 1. The third-order valence-electron chi connectivity index (χ3n) is 12.4. The Morgan fingerprint density at radius 1 is 0.809 bits per heavy atom. The Morgan fingerprint density at radius 2 is 1.44 bits per heavy atom. The Kier molecular flexibility index (Phi) is 21.0. The van der Waals surface area contributed by atoms with Gasteiger partial charge in [-0.3, -0.25) is 52.7 Å². The summed E-state index contributed by atoms with van der Waals surface area (Å²) < 4.78 is 27.2. The van der Waals surface area contributed by atoms with E-state index >= 15 is 0 Å². The normalized spacial score (nSPS) is 23.0. The SMILES string of the molecule is CC[C@H](C)[C@@H]1CC(=O)[C@H](Cc2ccc(O)cc2)CC(=O)CCS(=O)(=O)CC[C@@H](C(=O)N(CC(=O)NC(C)(C)C(=O)CCC(N)=O)C2CC2)NC(=O)[C@H](CC(N)=O)CC(=O)[C@H](CCC(N)=O)NC1=O. The molecule has 1 aliphatic carbocycles. The van der Waals surface area contributed by atoms with Crippen LogP contribution in [-0.4, -0.2) is 125 Å². The highest BCUT2D eigenvalue weighted by molar-refractivity contribution is 7.91. The van der Waals surface area contributed by atoms with Crippen LogP contribution < -0.4 is 33.2 Å². The van der Waals surface area contributed by atoms with Crippen molar-refractivity contribution >= 4 is 74.3 Å². The topological polar surface area (TPSA) is 360 Å². The molecule has 1 saturated carbocycles. The second-order valence-electron chi connectivity index (χ2n) is 18.6. The van der Waals surface area contributed by atoms with Gasteiger partial charge in [-0.2, -0.15) is 0 Å². The predicted octanol–water partition coefficient (Wildman–Crippen LogP) is -0.253. The van der Waals surface area contributed by atoms with Crippen LogP contribution in [-0.2, 0) is 69.0 Å². The van der Waals surface area contributed by atoms with Crippen LogP contribution in [0.15, 0.2) is 24.3 Å². The van der Waals surface area contributed by atoms with Gasteiger partial charge in [-0.1, -0.05) is 32.4 Å². The Bertz CT molecular complexity index is 2190. The number of phenols is 1. The maximum absolute atomic E-state index is 14.4. The fourth-order valence-corrected chi connectivity index (χ4v) is 9.27. The number of phenolic OH excluding ortho intramolecular Hbond substituents is 1. The zero-order valence-electron chi connectivity index (χ0n) is 39.2. The van der Waals surface area contributed by atoms with Crippen molar-refractivity contribution < 1.29 is 66.3 Å². The summed E-state index contributed by atoms with van der Waals surface area (Å²) in [5.41, 5.74) is 15.2. The number of nitrogens with two attached hydrogens (primary N) is 3. The van der Waals surface area contributed by atoms with Gasteiger partial charge >= 0.3 is 0 Å². The molecule has 0 unspecified atom stereocenters. The molecule has 1 aromatic carbocycles. The number of nitrogens with one attached hydrogen (secondary N) is 3. The van der Waals surface area contributed by atoms with Gasteiger partial charge in [-0.15, -0.1) is 0 Å². The summed E-state index contributed by atoms with van der Waals surface area (Å²) in [4.78, 5) is 147. The lowest BCUT2D eigenvalue weighted by Crippen LogP contribution is -2.56. The van der Waals surface area contributed by atoms with E-state index in [2.05, 4.69) is 16.0 Å². The smallest absolute Gasteiger partial charge is 0.245 e. The van der Waals surface area contributed by atoms with Crippen LogP contribution in [0.5, 0.6) is 5.75 Å². The summed E-state index contributed by atoms with van der Waals surface area (Å²) >= 11 is 0. The first kappa shape index (κ1) is 56.3. The molecule has 1 heterocycles. The molecule has 376 valence electrons. The van der Waals surface area contributed by atoms with Crippen LogP contribution in [0.25, 0.3) is 0 Å². The molecule has 1 aliphatic heterocycles. The molecule has 10 N–H and O–H groups in total. The van der Waals surface area contributed by atoms with E-state index in [1.807, 2.05) is 0 Å². The first-order valence-electron chi connectivity index (χ1n) is 22.9. The van der Waals surface area contributed by atoms with Crippen LogP contribution in [0.2, 0.25) is 0 Å². The molecule has 1 saturated heterocycles. The van der Waals surface area contributed by atoms with Gasteiger partial charge < -0.3 is 43.2 Å². The maximum atomic E-state index is 14.4. The number of Topliss-reactive ketones (excluding diaryl/α,β-unsaturated/α-hetero) is 4. The van der Waals surface area contributed by atoms with Crippen LogP contribution in [0.3, 0.4) is 0 Å². The molecule has 21 nitrogen and oxygen atoms in total. The number of hydrogen-bond donors (Lipinski definition) is 7. The minimum absolute atomic E-state index is 0.00444. The van der Waals surface area contributed by atoms with Crippen molar-refractivity contribution in [2.75, 3.05) is 18.1 Å². The van der Waals surface area contributed by atoms with E-state index < -0.39 is 178 Å². The molecule has 68 heavy (non-hydrogen) atoms. The number of rotatable bonds is 18. The van der Waals surface area contributed by atoms with Gasteiger partial charge in [0, 0.05) is 69.2 Å². The van der Waals surface area contributed by atoms with Gasteiger partial charge in [0.05, 0.1) is 35.5 Å². The number of hydrogen-bond acceptors (Lipinski definition) is 14. The number of carbonyl (C=O) groups excluding carboxylic acids is 11. The van der Waals surface area contributed by atoms with E-state index in [0.29, 0.717) is 24.8 Å². The van der Waals surface area contributed by atoms with Crippen molar-refractivity contribution in [2.45, 2.75) is 141 Å². The quantitative estimate of drug-likeness (QED) is 0.0998. The van der Waals surface area contributed by atoms with E-state index in [-0.39, 0.29) is 37.9 Å². The first-order valence-corrected chi connectivity index (χ1v) is 24.7. The molecule has 3 rings (SSSR count). The molecular formula is C46H67N7O14S. The monoisotopic (exact) mass is 973 g/mol. The summed E-state index contributed by atoms with van der Waals surface area (Å²) in [5.74, 6) is -14.3. The zero-order chi connectivity index (χ0) is 51.1. The van der Waals surface area contributed by atoms with E-state index in [1.54, 1.807) is 26.0 Å². The minimum atomic E-state index is -4.20. The fourth-order valence-electron chi connectivity index (χ4n) is 7.93. The van der Waals surface area contributed by atoms with Gasteiger partial charge in [-0.05, 0) is 69.6 Å². The second kappa shape index (κ2) is 25.3. The number of primary amides is 3. The third kappa shape index (κ3) is 18.6. The first-order chi connectivity index (χ1) is 31.7. The predicted molar refractivity (Wildman–Crippen MR) is 245 cm³/mol. The van der Waals surface area contributed by atoms with Crippen molar-refractivity contribution in [2.24, 2.45) is 40.9 Å². The number of nitrogens with zero attached hydrogens (tertiary/aromatic N) is 1. The van der Waals surface area contributed by atoms with Gasteiger partial charge in [-0.25, -0.2) is 8.42 Å². The van der Waals surface area contributed by atoms with Crippen molar-refractivity contribution in [3.05, 3.63) is 29.8 Å². The summed E-state index contributed by atoms with van der Waals surface area (Å²) in [6, 6.07) is 2.19. The largest absolute Gasteiger partial charge is 0.508 e. The highest BCUT2D eigenvalue weighted by Gasteiger charge is 2.41. The van der Waals surface area contributed by atoms with Crippen molar-refractivity contribution in [1.29, 1.82) is 0 Å². The Balaban J connectivity index is 2.08.